The summed E-state index contributed by atoms with van der Waals surface area (Å²) in [6.07, 6.45) is 0. The van der Waals surface area contributed by atoms with Gasteiger partial charge in [-0.25, -0.2) is 6.61 Å². The predicted molar refractivity (Wildman–Crippen MR) is 21.1 cm³/mol. The van der Waals surface area contributed by atoms with Gasteiger partial charge in [0.15, 0.2) is 1.43 Å². The van der Waals surface area contributed by atoms with Crippen LogP contribution in [0.15, 0.2) is 0 Å². The van der Waals surface area contributed by atoms with Crippen LogP contribution in [0.25, 0.3) is 0 Å². The summed E-state index contributed by atoms with van der Waals surface area (Å²) in [5, 5.41) is 3.93. The van der Waals surface area contributed by atoms with Crippen LogP contribution in [0.4, 0.5) is 0 Å². The van der Waals surface area contributed by atoms with Crippen LogP contribution in [0.3, 0.4) is 0 Å². The first-order chi connectivity index (χ1) is 2.77. The average Bonchev–Trinajstić information content (AvgIpc) is 1.35. The molecular formula is C4H9ORe-. The molecule has 0 fully saturated rings. The summed E-state index contributed by atoms with van der Waals surface area (Å²) >= 11 is 0. The molecule has 1 nitrogen and oxygen atoms in total. The van der Waals surface area contributed by atoms with Gasteiger partial charge in [-0.1, -0.05) is 13.8 Å². The predicted octanol–water partition coefficient (Wildman–Crippen LogP) is 1.17. The van der Waals surface area contributed by atoms with Crippen molar-refractivity contribution in [3.05, 3.63) is 6.61 Å². The number of hydrogen-bond acceptors (Lipinski definition) is 1. The van der Waals surface area contributed by atoms with Gasteiger partial charge in [-0.3, -0.25) is 0 Å². The van der Waals surface area contributed by atoms with Gasteiger partial charge in [-0.2, -0.15) is 5.92 Å². The van der Waals surface area contributed by atoms with E-state index in [0.717, 1.165) is 0 Å². The van der Waals surface area contributed by atoms with E-state index in [0.29, 0.717) is 5.92 Å². The molecule has 0 aliphatic rings. The Bertz CT molecular complexity index is 32.9. The summed E-state index contributed by atoms with van der Waals surface area (Å²) in [4.78, 5) is 0. The van der Waals surface area contributed by atoms with Crippen LogP contribution in [-0.4, -0.2) is 5.11 Å². The van der Waals surface area contributed by atoms with Crippen molar-refractivity contribution in [2.45, 2.75) is 13.8 Å². The Balaban J connectivity index is 0. The largest absolute Gasteiger partial charge is 0.566 e. The Morgan fingerprint density at radius 3 is 2.33 bits per heavy atom. The number of aliphatic hydroxyl groups excluding tert-OH is 1. The molecule has 0 unspecified atom stereocenters. The van der Waals surface area contributed by atoms with Crippen molar-refractivity contribution in [3.63, 3.8) is 0 Å². The van der Waals surface area contributed by atoms with E-state index in [1.54, 1.807) is 0 Å². The third kappa shape index (κ3) is 8.82. The molecule has 0 aromatic heterocycles. The number of rotatable bonds is 2. The molecule has 0 bridgehead atoms. The van der Waals surface area contributed by atoms with E-state index in [1.807, 2.05) is 13.8 Å². The summed E-state index contributed by atoms with van der Waals surface area (Å²) in [5.41, 5.74) is 0. The second kappa shape index (κ2) is 5.62. The Labute approximate surface area is 53.9 Å². The average molecular weight is 260 g/mol. The summed E-state index contributed by atoms with van der Waals surface area (Å²) in [6, 6.07) is 0. The molecule has 1 N–H and O–H groups in total. The van der Waals surface area contributed by atoms with Gasteiger partial charge in [0.05, 0.1) is 0 Å². The maximum atomic E-state index is 6.18. The van der Waals surface area contributed by atoms with Crippen LogP contribution in [-0.2, 0) is 20.4 Å². The van der Waals surface area contributed by atoms with Gasteiger partial charge in [0.25, 0.3) is 0 Å². The van der Waals surface area contributed by atoms with Crippen LogP contribution in [0, 0.1) is 12.5 Å². The summed E-state index contributed by atoms with van der Waals surface area (Å²) in [5.74, 6) is 0.363. The van der Waals surface area contributed by atoms with E-state index < -0.39 is 0 Å². The van der Waals surface area contributed by atoms with Crippen LogP contribution in [0.5, 0.6) is 0 Å². The fraction of sp³-hybridized carbons (Fsp3) is 0.750. The van der Waals surface area contributed by atoms with Gasteiger partial charge in [-0.15, -0.1) is 0 Å². The minimum absolute atomic E-state index is 0. The molecule has 0 heterocycles. The standard InChI is InChI=1S/C4H9O.Re/c1-4(2)3-5;/h3-5H,1-2H3;/q-1;/i5D;. The quantitative estimate of drug-likeness (QED) is 0.739. The van der Waals surface area contributed by atoms with E-state index >= 15 is 0 Å². The normalized spacial score (nSPS) is 10.2. The first kappa shape index (κ1) is 6.62. The van der Waals surface area contributed by atoms with Gasteiger partial charge in [0.2, 0.25) is 0 Å². The molecule has 0 amide bonds. The van der Waals surface area contributed by atoms with Crippen molar-refractivity contribution >= 4 is 0 Å². The maximum absolute atomic E-state index is 6.18. The number of hydrogen-bond donors (Lipinski definition) is 1. The maximum Gasteiger partial charge on any atom is 0.163 e. The third-order valence-electron chi connectivity index (χ3n) is 0.272. The van der Waals surface area contributed by atoms with E-state index in [4.69, 9.17) is 1.43 Å². The molecule has 1 radical (unpaired) electrons. The third-order valence-corrected chi connectivity index (χ3v) is 0.272. The smallest absolute Gasteiger partial charge is 0.163 e. The molecule has 0 rings (SSSR count). The summed E-state index contributed by atoms with van der Waals surface area (Å²) in [6.45, 7) is 5.36. The molecule has 6 heavy (non-hydrogen) atoms. The molecule has 0 spiro atoms. The summed E-state index contributed by atoms with van der Waals surface area (Å²) < 4.78 is 6.18. The van der Waals surface area contributed by atoms with E-state index in [9.17, 15) is 0 Å². The second-order valence-electron chi connectivity index (χ2n) is 1.38. The Morgan fingerprint density at radius 2 is 2.33 bits per heavy atom. The molecule has 0 aliphatic carbocycles. The van der Waals surface area contributed by atoms with Gasteiger partial charge in [0.1, 0.15) is 0 Å². The molecule has 0 saturated heterocycles. The Kier molecular flexibility index (Phi) is 6.21. The minimum Gasteiger partial charge on any atom is -0.566 e. The van der Waals surface area contributed by atoms with Gasteiger partial charge in [-0.05, 0) is 0 Å². The van der Waals surface area contributed by atoms with Crippen LogP contribution in [0.1, 0.15) is 15.3 Å². The fourth-order valence-corrected chi connectivity index (χ4v) is 0. The van der Waals surface area contributed by atoms with Crippen LogP contribution < -0.4 is 0 Å². The van der Waals surface area contributed by atoms with Crippen molar-refractivity contribution in [2.24, 2.45) is 5.92 Å². The fourth-order valence-electron chi connectivity index (χ4n) is 0. The SMILES string of the molecule is [2H]O[CH-]C(C)C.[Re]. The first-order valence-corrected chi connectivity index (χ1v) is 1.72. The second-order valence-corrected chi connectivity index (χ2v) is 1.38. The van der Waals surface area contributed by atoms with Crippen molar-refractivity contribution in [1.29, 1.82) is 0 Å². The molecule has 0 aromatic rings. The molecule has 2 heteroatoms. The van der Waals surface area contributed by atoms with Crippen LogP contribution in [0.2, 0.25) is 0 Å². The van der Waals surface area contributed by atoms with E-state index in [1.165, 1.54) is 6.61 Å². The molecular weight excluding hydrogens is 250 g/mol. The number of aliphatic hydroxyl groups is 1. The Morgan fingerprint density at radius 1 is 1.83 bits per heavy atom. The van der Waals surface area contributed by atoms with E-state index in [-0.39, 0.29) is 20.4 Å². The van der Waals surface area contributed by atoms with Crippen molar-refractivity contribution in [3.8, 4) is 0 Å². The molecule has 39 valence electrons. The molecule has 0 aromatic carbocycles. The van der Waals surface area contributed by atoms with Crippen molar-refractivity contribution < 1.29 is 27.0 Å². The monoisotopic (exact) mass is 261 g/mol. The van der Waals surface area contributed by atoms with E-state index in [2.05, 4.69) is 5.11 Å². The Hall–Kier alpha value is 0.622. The van der Waals surface area contributed by atoms with Crippen molar-refractivity contribution in [1.82, 2.24) is 0 Å². The zero-order valence-electron chi connectivity index (χ0n) is 4.94. The van der Waals surface area contributed by atoms with Gasteiger partial charge in [0, 0.05) is 20.4 Å². The molecule has 0 saturated carbocycles. The summed E-state index contributed by atoms with van der Waals surface area (Å²) in [7, 11) is 0. The van der Waals surface area contributed by atoms with Crippen LogP contribution >= 0.6 is 0 Å². The molecule has 0 aliphatic heterocycles. The minimum atomic E-state index is 0. The zero-order chi connectivity index (χ0) is 4.99. The first-order valence-electron chi connectivity index (χ1n) is 2.13. The molecule has 0 atom stereocenters. The zero-order valence-corrected chi connectivity index (χ0v) is 6.66. The van der Waals surface area contributed by atoms with Crippen molar-refractivity contribution in [2.75, 3.05) is 0 Å². The topological polar surface area (TPSA) is 20.2 Å². The van der Waals surface area contributed by atoms with Gasteiger partial charge >= 0.3 is 0 Å². The van der Waals surface area contributed by atoms with Gasteiger partial charge < -0.3 is 5.11 Å².